The van der Waals surface area contributed by atoms with Crippen molar-refractivity contribution in [1.82, 2.24) is 10.6 Å². The Morgan fingerprint density at radius 3 is 2.53 bits per heavy atom. The molecule has 0 bridgehead atoms. The summed E-state index contributed by atoms with van der Waals surface area (Å²) in [4.78, 5) is 11.8. The minimum atomic E-state index is -0.0623. The molecule has 0 aromatic carbocycles. The number of amides is 1. The van der Waals surface area contributed by atoms with Crippen LogP contribution in [-0.4, -0.2) is 32.1 Å². The lowest BCUT2D eigenvalue weighted by Gasteiger charge is -2.15. The molecule has 0 spiro atoms. The van der Waals surface area contributed by atoms with Crippen LogP contribution in [0.15, 0.2) is 0 Å². The second kappa shape index (κ2) is 11.9. The van der Waals surface area contributed by atoms with Crippen LogP contribution in [0, 0.1) is 0 Å². The summed E-state index contributed by atoms with van der Waals surface area (Å²) in [6.45, 7) is 3.69. The largest absolute Gasteiger partial charge is 0.355 e. The first-order chi connectivity index (χ1) is 8.26. The molecule has 4 nitrogen and oxygen atoms in total. The Morgan fingerprint density at radius 2 is 1.94 bits per heavy atom. The van der Waals surface area contributed by atoms with Crippen molar-refractivity contribution < 1.29 is 4.79 Å². The van der Waals surface area contributed by atoms with Crippen LogP contribution in [-0.2, 0) is 4.79 Å². The van der Waals surface area contributed by atoms with Gasteiger partial charge < -0.3 is 16.4 Å². The highest BCUT2D eigenvalue weighted by Crippen LogP contribution is 2.01. The molecule has 0 aromatic rings. The lowest BCUT2D eigenvalue weighted by atomic mass is 10.1. The molecular formula is C13H29N3O. The highest BCUT2D eigenvalue weighted by atomic mass is 16.2. The Labute approximate surface area is 106 Å². The van der Waals surface area contributed by atoms with E-state index in [1.54, 1.807) is 0 Å². The molecule has 4 heteroatoms. The van der Waals surface area contributed by atoms with E-state index in [1.807, 2.05) is 7.05 Å². The molecular weight excluding hydrogens is 214 g/mol. The van der Waals surface area contributed by atoms with E-state index in [2.05, 4.69) is 17.6 Å². The van der Waals surface area contributed by atoms with E-state index < -0.39 is 0 Å². The molecule has 102 valence electrons. The second-order valence-corrected chi connectivity index (χ2v) is 4.48. The third kappa shape index (κ3) is 9.12. The maximum atomic E-state index is 11.8. The molecule has 1 amide bonds. The molecule has 0 aliphatic carbocycles. The fraction of sp³-hybridized carbons (Fsp3) is 0.923. The minimum absolute atomic E-state index is 0.0623. The summed E-state index contributed by atoms with van der Waals surface area (Å²) in [5.74, 6) is 0.126. The molecule has 4 N–H and O–H groups in total. The van der Waals surface area contributed by atoms with Gasteiger partial charge in [-0.1, -0.05) is 32.6 Å². The molecule has 0 heterocycles. The number of carbonyl (C=O) groups excluding carboxylic acids is 1. The Balaban J connectivity index is 3.61. The van der Waals surface area contributed by atoms with E-state index in [0.29, 0.717) is 6.54 Å². The molecule has 0 saturated carbocycles. The molecule has 0 rings (SSSR count). The number of hydrogen-bond donors (Lipinski definition) is 3. The fourth-order valence-electron chi connectivity index (χ4n) is 1.79. The maximum Gasteiger partial charge on any atom is 0.237 e. The van der Waals surface area contributed by atoms with E-state index in [1.165, 1.54) is 19.3 Å². The van der Waals surface area contributed by atoms with Gasteiger partial charge in [0.25, 0.3) is 0 Å². The molecule has 0 aliphatic rings. The zero-order valence-corrected chi connectivity index (χ0v) is 11.4. The van der Waals surface area contributed by atoms with E-state index in [9.17, 15) is 4.79 Å². The summed E-state index contributed by atoms with van der Waals surface area (Å²) in [7, 11) is 1.84. The van der Waals surface area contributed by atoms with Crippen molar-refractivity contribution in [2.45, 2.75) is 57.9 Å². The van der Waals surface area contributed by atoms with Gasteiger partial charge >= 0.3 is 0 Å². The van der Waals surface area contributed by atoms with Crippen molar-refractivity contribution in [2.24, 2.45) is 5.73 Å². The molecule has 0 fully saturated rings. The second-order valence-electron chi connectivity index (χ2n) is 4.48. The Bertz CT molecular complexity index is 186. The smallest absolute Gasteiger partial charge is 0.237 e. The van der Waals surface area contributed by atoms with Gasteiger partial charge in [0.05, 0.1) is 6.04 Å². The first-order valence-electron chi connectivity index (χ1n) is 6.91. The Kier molecular flexibility index (Phi) is 11.4. The minimum Gasteiger partial charge on any atom is -0.355 e. The van der Waals surface area contributed by atoms with E-state index in [4.69, 9.17) is 5.73 Å². The highest BCUT2D eigenvalue weighted by Gasteiger charge is 2.14. The molecule has 0 aromatic heterocycles. The van der Waals surface area contributed by atoms with Gasteiger partial charge in [0.2, 0.25) is 5.91 Å². The first kappa shape index (κ1) is 16.4. The summed E-state index contributed by atoms with van der Waals surface area (Å²) in [6, 6.07) is -0.0623. The summed E-state index contributed by atoms with van der Waals surface area (Å²) in [5, 5.41) is 6.05. The number of unbranched alkanes of at least 4 members (excludes halogenated alkanes) is 4. The number of rotatable bonds is 11. The van der Waals surface area contributed by atoms with Gasteiger partial charge in [-0.3, -0.25) is 4.79 Å². The van der Waals surface area contributed by atoms with E-state index >= 15 is 0 Å². The summed E-state index contributed by atoms with van der Waals surface area (Å²) in [5.41, 5.74) is 5.44. The van der Waals surface area contributed by atoms with Crippen LogP contribution in [0.1, 0.15) is 51.9 Å². The Morgan fingerprint density at radius 1 is 1.18 bits per heavy atom. The normalized spacial score (nSPS) is 12.4. The molecule has 0 unspecified atom stereocenters. The molecule has 0 saturated heterocycles. The monoisotopic (exact) mass is 243 g/mol. The lowest BCUT2D eigenvalue weighted by Crippen LogP contribution is -2.42. The lowest BCUT2D eigenvalue weighted by molar-refractivity contribution is -0.123. The van der Waals surface area contributed by atoms with E-state index in [-0.39, 0.29) is 11.9 Å². The molecule has 0 aliphatic heterocycles. The van der Waals surface area contributed by atoms with Crippen LogP contribution in [0.4, 0.5) is 0 Å². The van der Waals surface area contributed by atoms with Crippen LogP contribution in [0.2, 0.25) is 0 Å². The predicted octanol–water partition coefficient (Wildman–Crippen LogP) is 1.40. The number of nitrogens with two attached hydrogens (primary N) is 1. The van der Waals surface area contributed by atoms with Gasteiger partial charge in [-0.2, -0.15) is 0 Å². The predicted molar refractivity (Wildman–Crippen MR) is 72.9 cm³/mol. The van der Waals surface area contributed by atoms with Gasteiger partial charge in [0, 0.05) is 6.54 Å². The van der Waals surface area contributed by atoms with Crippen molar-refractivity contribution in [2.75, 3.05) is 20.1 Å². The summed E-state index contributed by atoms with van der Waals surface area (Å²) < 4.78 is 0. The van der Waals surface area contributed by atoms with Crippen LogP contribution < -0.4 is 16.4 Å². The van der Waals surface area contributed by atoms with Crippen molar-refractivity contribution in [1.29, 1.82) is 0 Å². The average Bonchev–Trinajstić information content (AvgIpc) is 2.34. The topological polar surface area (TPSA) is 67.2 Å². The van der Waals surface area contributed by atoms with E-state index in [0.717, 1.165) is 32.2 Å². The van der Waals surface area contributed by atoms with Gasteiger partial charge in [0.15, 0.2) is 0 Å². The fourth-order valence-corrected chi connectivity index (χ4v) is 1.79. The average molecular weight is 243 g/mol. The Hall–Kier alpha value is -0.610. The number of carbonyl (C=O) groups is 1. The van der Waals surface area contributed by atoms with Crippen LogP contribution in [0.5, 0.6) is 0 Å². The first-order valence-corrected chi connectivity index (χ1v) is 6.91. The SMILES string of the molecule is CCCCCCNC(=O)[C@H](CCCCN)NC. The maximum absolute atomic E-state index is 11.8. The van der Waals surface area contributed by atoms with Crippen molar-refractivity contribution in [3.8, 4) is 0 Å². The number of hydrogen-bond acceptors (Lipinski definition) is 3. The summed E-state index contributed by atoms with van der Waals surface area (Å²) in [6.07, 6.45) is 7.63. The van der Waals surface area contributed by atoms with Crippen LogP contribution in [0.3, 0.4) is 0 Å². The van der Waals surface area contributed by atoms with Crippen molar-refractivity contribution in [3.05, 3.63) is 0 Å². The highest BCUT2D eigenvalue weighted by molar-refractivity contribution is 5.81. The van der Waals surface area contributed by atoms with Crippen LogP contribution >= 0.6 is 0 Å². The van der Waals surface area contributed by atoms with Crippen molar-refractivity contribution in [3.63, 3.8) is 0 Å². The number of likely N-dealkylation sites (N-methyl/N-ethyl adjacent to an activating group) is 1. The standard InChI is InChI=1S/C13H29N3O/c1-3-4-5-8-11-16-13(17)12(15-2)9-6-7-10-14/h12,15H,3-11,14H2,1-2H3,(H,16,17)/t12-/m0/s1. The zero-order chi connectivity index (χ0) is 12.9. The third-order valence-corrected chi connectivity index (χ3v) is 2.94. The molecule has 1 atom stereocenters. The molecule has 0 radical (unpaired) electrons. The quantitative estimate of drug-likeness (QED) is 0.481. The number of nitrogens with one attached hydrogen (secondary N) is 2. The zero-order valence-electron chi connectivity index (χ0n) is 11.4. The molecule has 17 heavy (non-hydrogen) atoms. The van der Waals surface area contributed by atoms with Gasteiger partial charge in [-0.15, -0.1) is 0 Å². The van der Waals surface area contributed by atoms with Gasteiger partial charge in [-0.05, 0) is 32.9 Å². The summed E-state index contributed by atoms with van der Waals surface area (Å²) >= 11 is 0. The van der Waals surface area contributed by atoms with Crippen molar-refractivity contribution >= 4 is 5.91 Å². The van der Waals surface area contributed by atoms with Gasteiger partial charge in [0.1, 0.15) is 0 Å². The third-order valence-electron chi connectivity index (χ3n) is 2.94. The van der Waals surface area contributed by atoms with Gasteiger partial charge in [-0.25, -0.2) is 0 Å². The van der Waals surface area contributed by atoms with Crippen LogP contribution in [0.25, 0.3) is 0 Å².